The first-order valence-corrected chi connectivity index (χ1v) is 5.77. The molecule has 0 aliphatic carbocycles. The fraction of sp³-hybridized carbons (Fsp3) is 0.556. The van der Waals surface area contributed by atoms with Crippen LogP contribution in [-0.2, 0) is 4.74 Å². The summed E-state index contributed by atoms with van der Waals surface area (Å²) in [5.41, 5.74) is -1.21. The number of aromatic nitrogens is 2. The van der Waals surface area contributed by atoms with Gasteiger partial charge in [0.2, 0.25) is 0 Å². The summed E-state index contributed by atoms with van der Waals surface area (Å²) >= 11 is 2.99. The van der Waals surface area contributed by atoms with Crippen LogP contribution in [0.15, 0.2) is 20.3 Å². The van der Waals surface area contributed by atoms with Crippen LogP contribution in [0.4, 0.5) is 0 Å². The molecular formula is C9H11BrN2O5. The molecule has 0 spiro atoms. The van der Waals surface area contributed by atoms with Gasteiger partial charge in [-0.25, -0.2) is 4.79 Å². The van der Waals surface area contributed by atoms with Gasteiger partial charge >= 0.3 is 5.69 Å². The molecule has 1 aromatic heterocycles. The molecule has 0 bridgehead atoms. The lowest BCUT2D eigenvalue weighted by Gasteiger charge is -2.17. The van der Waals surface area contributed by atoms with Crippen LogP contribution in [-0.4, -0.2) is 38.6 Å². The summed E-state index contributed by atoms with van der Waals surface area (Å²) in [7, 11) is 0. The summed E-state index contributed by atoms with van der Waals surface area (Å²) in [6.45, 7) is -0.229. The highest BCUT2D eigenvalue weighted by Crippen LogP contribution is 2.27. The highest BCUT2D eigenvalue weighted by Gasteiger charge is 2.35. The Kier molecular flexibility index (Phi) is 3.48. The predicted octanol–water partition coefficient (Wildman–Crippen LogP) is -1.06. The number of nitrogens with zero attached hydrogens (tertiary/aromatic N) is 1. The van der Waals surface area contributed by atoms with E-state index in [0.717, 1.165) is 4.57 Å². The number of aromatic amines is 1. The molecule has 7 nitrogen and oxygen atoms in total. The van der Waals surface area contributed by atoms with Gasteiger partial charge in [0.15, 0.2) is 6.23 Å². The number of hydrogen-bond acceptors (Lipinski definition) is 5. The van der Waals surface area contributed by atoms with Crippen molar-refractivity contribution in [1.82, 2.24) is 9.55 Å². The van der Waals surface area contributed by atoms with Gasteiger partial charge in [-0.15, -0.1) is 0 Å². The molecule has 0 amide bonds. The average Bonchev–Trinajstić information content (AvgIpc) is 2.65. The molecule has 17 heavy (non-hydrogen) atoms. The van der Waals surface area contributed by atoms with Crippen molar-refractivity contribution in [3.63, 3.8) is 0 Å². The zero-order valence-corrected chi connectivity index (χ0v) is 10.3. The van der Waals surface area contributed by atoms with Crippen molar-refractivity contribution in [2.45, 2.75) is 24.9 Å². The first-order chi connectivity index (χ1) is 8.02. The van der Waals surface area contributed by atoms with Gasteiger partial charge in [0, 0.05) is 12.6 Å². The minimum atomic E-state index is -0.900. The van der Waals surface area contributed by atoms with Crippen molar-refractivity contribution in [1.29, 1.82) is 0 Å². The summed E-state index contributed by atoms with van der Waals surface area (Å²) < 4.78 is 6.56. The minimum absolute atomic E-state index is 0.167. The third-order valence-corrected chi connectivity index (χ3v) is 3.13. The molecule has 3 N–H and O–H groups in total. The molecule has 1 aliphatic heterocycles. The monoisotopic (exact) mass is 306 g/mol. The molecule has 0 radical (unpaired) electrons. The van der Waals surface area contributed by atoms with Crippen LogP contribution in [0.5, 0.6) is 0 Å². The van der Waals surface area contributed by atoms with E-state index in [-0.39, 0.29) is 17.5 Å². The first-order valence-electron chi connectivity index (χ1n) is 4.98. The summed E-state index contributed by atoms with van der Waals surface area (Å²) in [6, 6.07) is 0. The largest absolute Gasteiger partial charge is 0.394 e. The number of nitrogens with one attached hydrogen (secondary N) is 1. The van der Waals surface area contributed by atoms with E-state index in [0.29, 0.717) is 0 Å². The van der Waals surface area contributed by atoms with Crippen molar-refractivity contribution >= 4 is 15.9 Å². The quantitative estimate of drug-likeness (QED) is 0.646. The van der Waals surface area contributed by atoms with Crippen molar-refractivity contribution in [2.75, 3.05) is 6.61 Å². The summed E-state index contributed by atoms with van der Waals surface area (Å²) in [4.78, 5) is 24.8. The number of halogens is 1. The van der Waals surface area contributed by atoms with Gasteiger partial charge < -0.3 is 14.9 Å². The van der Waals surface area contributed by atoms with Crippen molar-refractivity contribution in [2.24, 2.45) is 0 Å². The van der Waals surface area contributed by atoms with E-state index in [1.54, 1.807) is 0 Å². The Hall–Kier alpha value is -0.960. The van der Waals surface area contributed by atoms with Crippen molar-refractivity contribution in [3.05, 3.63) is 31.5 Å². The van der Waals surface area contributed by atoms with Crippen molar-refractivity contribution in [3.8, 4) is 0 Å². The lowest BCUT2D eigenvalue weighted by Crippen LogP contribution is -2.35. The van der Waals surface area contributed by atoms with Crippen LogP contribution < -0.4 is 11.2 Å². The maximum absolute atomic E-state index is 11.6. The van der Waals surface area contributed by atoms with Crippen LogP contribution in [0.3, 0.4) is 0 Å². The van der Waals surface area contributed by atoms with Crippen LogP contribution in [0.25, 0.3) is 0 Å². The smallest absolute Gasteiger partial charge is 0.330 e. The van der Waals surface area contributed by atoms with Gasteiger partial charge in [-0.1, -0.05) is 0 Å². The van der Waals surface area contributed by atoms with Crippen LogP contribution in [0, 0.1) is 0 Å². The maximum Gasteiger partial charge on any atom is 0.330 e. The number of hydrogen-bond donors (Lipinski definition) is 3. The Labute approximate surface area is 104 Å². The van der Waals surface area contributed by atoms with Gasteiger partial charge in [-0.05, 0) is 15.9 Å². The number of rotatable bonds is 2. The molecule has 2 rings (SSSR count). The lowest BCUT2D eigenvalue weighted by atomic mass is 10.2. The van der Waals surface area contributed by atoms with E-state index >= 15 is 0 Å². The topological polar surface area (TPSA) is 105 Å². The van der Waals surface area contributed by atoms with Crippen LogP contribution >= 0.6 is 15.9 Å². The molecule has 94 valence electrons. The standard InChI is InChI=1S/C9H11BrN2O5/c10-5-2-12(9(16)11-7(5)15)8-6(14)1-4(3-13)17-8/h2,4,6,8,13-14H,1,3H2,(H,11,15,16)/t4-,6+,8+/m0/s1. The lowest BCUT2D eigenvalue weighted by molar-refractivity contribution is -0.0531. The average molecular weight is 307 g/mol. The molecule has 0 saturated carbocycles. The van der Waals surface area contributed by atoms with E-state index in [2.05, 4.69) is 20.9 Å². The molecule has 1 fully saturated rings. The SMILES string of the molecule is O=c1[nH]c(=O)n([C@@H]2O[C@H](CO)C[C@H]2O)cc1Br. The second kappa shape index (κ2) is 4.73. The van der Waals surface area contributed by atoms with Gasteiger partial charge in [0.25, 0.3) is 5.56 Å². The van der Waals surface area contributed by atoms with Gasteiger partial charge in [-0.3, -0.25) is 14.3 Å². The molecule has 1 aromatic rings. The second-order valence-corrected chi connectivity index (χ2v) is 4.63. The maximum atomic E-state index is 11.6. The summed E-state index contributed by atoms with van der Waals surface area (Å²) in [6.07, 6.45) is -0.804. The van der Waals surface area contributed by atoms with E-state index in [9.17, 15) is 14.7 Å². The normalized spacial score (nSPS) is 28.5. The molecule has 3 atom stereocenters. The van der Waals surface area contributed by atoms with E-state index in [1.165, 1.54) is 6.20 Å². The van der Waals surface area contributed by atoms with Crippen molar-refractivity contribution < 1.29 is 14.9 Å². The Bertz CT molecular complexity index is 525. The fourth-order valence-electron chi connectivity index (χ4n) is 1.75. The Morgan fingerprint density at radius 2 is 2.29 bits per heavy atom. The molecule has 1 aliphatic rings. The Morgan fingerprint density at radius 1 is 1.59 bits per heavy atom. The molecule has 0 unspecified atom stereocenters. The van der Waals surface area contributed by atoms with Crippen LogP contribution in [0.2, 0.25) is 0 Å². The number of aliphatic hydroxyl groups excluding tert-OH is 2. The second-order valence-electron chi connectivity index (χ2n) is 3.78. The fourth-order valence-corrected chi connectivity index (χ4v) is 2.07. The van der Waals surface area contributed by atoms with Gasteiger partial charge in [0.1, 0.15) is 6.10 Å². The molecule has 1 saturated heterocycles. The van der Waals surface area contributed by atoms with E-state index in [1.807, 2.05) is 0 Å². The predicted molar refractivity (Wildman–Crippen MR) is 60.6 cm³/mol. The number of H-pyrrole nitrogens is 1. The first kappa shape index (κ1) is 12.5. The third-order valence-electron chi connectivity index (χ3n) is 2.57. The third kappa shape index (κ3) is 2.34. The van der Waals surface area contributed by atoms with Crippen LogP contribution in [0.1, 0.15) is 12.6 Å². The number of ether oxygens (including phenoxy) is 1. The molecular weight excluding hydrogens is 296 g/mol. The van der Waals surface area contributed by atoms with Gasteiger partial charge in [-0.2, -0.15) is 0 Å². The van der Waals surface area contributed by atoms with E-state index in [4.69, 9.17) is 9.84 Å². The highest BCUT2D eigenvalue weighted by molar-refractivity contribution is 9.10. The molecule has 0 aromatic carbocycles. The summed E-state index contributed by atoms with van der Waals surface area (Å²) in [5, 5.41) is 18.7. The Balaban J connectivity index is 2.38. The Morgan fingerprint density at radius 3 is 2.88 bits per heavy atom. The number of aliphatic hydroxyl groups is 2. The van der Waals surface area contributed by atoms with E-state index < -0.39 is 29.7 Å². The van der Waals surface area contributed by atoms with Gasteiger partial charge in [0.05, 0.1) is 17.2 Å². The minimum Gasteiger partial charge on any atom is -0.394 e. The zero-order chi connectivity index (χ0) is 12.6. The molecule has 8 heteroatoms. The summed E-state index contributed by atoms with van der Waals surface area (Å²) in [5.74, 6) is 0. The molecule has 2 heterocycles. The zero-order valence-electron chi connectivity index (χ0n) is 8.67. The highest BCUT2D eigenvalue weighted by atomic mass is 79.9.